The second-order valence-corrected chi connectivity index (χ2v) is 5.49. The maximum absolute atomic E-state index is 11.7. The number of hydrogen-bond donors (Lipinski definition) is 1. The number of nitrogens with zero attached hydrogens (tertiary/aromatic N) is 1. The molecule has 0 unspecified atom stereocenters. The van der Waals surface area contributed by atoms with E-state index in [1.54, 1.807) is 18.2 Å². The molecule has 1 aliphatic carbocycles. The van der Waals surface area contributed by atoms with E-state index in [1.165, 1.54) is 20.0 Å². The average molecular weight is 318 g/mol. The lowest BCUT2D eigenvalue weighted by Gasteiger charge is -2.11. The number of rotatable bonds is 10. The molecule has 0 aromatic heterocycles. The minimum absolute atomic E-state index is 0.0921. The predicted octanol–water partition coefficient (Wildman–Crippen LogP) is 1.88. The maximum atomic E-state index is 11.7. The summed E-state index contributed by atoms with van der Waals surface area (Å²) >= 11 is 0. The van der Waals surface area contributed by atoms with Crippen LogP contribution in [0.3, 0.4) is 0 Å². The maximum Gasteiger partial charge on any atom is 0.257 e. The van der Waals surface area contributed by atoms with Crippen LogP contribution >= 0.6 is 0 Å². The highest BCUT2D eigenvalue weighted by Crippen LogP contribution is 2.29. The molecule has 2 rings (SSSR count). The average Bonchev–Trinajstić information content (AvgIpc) is 3.40. The molecular weight excluding hydrogens is 296 g/mol. The van der Waals surface area contributed by atoms with E-state index in [9.17, 15) is 4.79 Å². The molecule has 1 aromatic rings. The SMILES string of the molecule is COc1cc(C#N)ccc1OCC(=O)NCCCOCC1CC1. The summed E-state index contributed by atoms with van der Waals surface area (Å²) in [7, 11) is 1.49. The summed E-state index contributed by atoms with van der Waals surface area (Å²) in [4.78, 5) is 11.7. The quantitative estimate of drug-likeness (QED) is 0.666. The first kappa shape index (κ1) is 17.1. The number of benzene rings is 1. The minimum Gasteiger partial charge on any atom is -0.493 e. The number of carbonyl (C=O) groups excluding carboxylic acids is 1. The lowest BCUT2D eigenvalue weighted by Crippen LogP contribution is -2.30. The smallest absolute Gasteiger partial charge is 0.257 e. The van der Waals surface area contributed by atoms with Gasteiger partial charge in [-0.3, -0.25) is 4.79 Å². The van der Waals surface area contributed by atoms with Crippen LogP contribution in [-0.2, 0) is 9.53 Å². The minimum atomic E-state index is -0.196. The van der Waals surface area contributed by atoms with Crippen LogP contribution < -0.4 is 14.8 Å². The Morgan fingerprint density at radius 2 is 2.22 bits per heavy atom. The van der Waals surface area contributed by atoms with Gasteiger partial charge in [-0.2, -0.15) is 5.26 Å². The van der Waals surface area contributed by atoms with Gasteiger partial charge in [-0.1, -0.05) is 0 Å². The molecule has 0 spiro atoms. The number of hydrogen-bond acceptors (Lipinski definition) is 5. The van der Waals surface area contributed by atoms with Crippen molar-refractivity contribution < 1.29 is 19.0 Å². The zero-order valence-electron chi connectivity index (χ0n) is 13.3. The molecule has 0 saturated heterocycles. The summed E-state index contributed by atoms with van der Waals surface area (Å²) in [6.45, 7) is 1.99. The van der Waals surface area contributed by atoms with Gasteiger partial charge >= 0.3 is 0 Å². The predicted molar refractivity (Wildman–Crippen MR) is 84.4 cm³/mol. The van der Waals surface area contributed by atoms with E-state index in [2.05, 4.69) is 5.32 Å². The van der Waals surface area contributed by atoms with Gasteiger partial charge < -0.3 is 19.5 Å². The van der Waals surface area contributed by atoms with Crippen LogP contribution in [0.15, 0.2) is 18.2 Å². The van der Waals surface area contributed by atoms with Crippen molar-refractivity contribution in [1.29, 1.82) is 5.26 Å². The van der Waals surface area contributed by atoms with E-state index in [0.717, 1.165) is 18.9 Å². The van der Waals surface area contributed by atoms with Crippen molar-refractivity contribution in [2.24, 2.45) is 5.92 Å². The Morgan fingerprint density at radius 3 is 2.91 bits per heavy atom. The van der Waals surface area contributed by atoms with Gasteiger partial charge in [0.15, 0.2) is 18.1 Å². The summed E-state index contributed by atoms with van der Waals surface area (Å²) < 4.78 is 16.1. The Hall–Kier alpha value is -2.26. The zero-order chi connectivity index (χ0) is 16.5. The van der Waals surface area contributed by atoms with E-state index in [-0.39, 0.29) is 12.5 Å². The lowest BCUT2D eigenvalue weighted by molar-refractivity contribution is -0.123. The number of methoxy groups -OCH3 is 1. The van der Waals surface area contributed by atoms with Gasteiger partial charge in [0, 0.05) is 25.8 Å². The van der Waals surface area contributed by atoms with Crippen molar-refractivity contribution >= 4 is 5.91 Å². The van der Waals surface area contributed by atoms with Crippen LogP contribution in [0.5, 0.6) is 11.5 Å². The van der Waals surface area contributed by atoms with Crippen molar-refractivity contribution in [3.8, 4) is 17.6 Å². The Morgan fingerprint density at radius 1 is 1.39 bits per heavy atom. The molecule has 1 N–H and O–H groups in total. The normalized spacial score (nSPS) is 13.2. The number of nitrogens with one attached hydrogen (secondary N) is 1. The summed E-state index contributed by atoms with van der Waals surface area (Å²) in [6.07, 6.45) is 3.36. The molecule has 1 aliphatic rings. The molecule has 0 heterocycles. The fourth-order valence-electron chi connectivity index (χ4n) is 1.99. The van der Waals surface area contributed by atoms with Crippen molar-refractivity contribution in [2.45, 2.75) is 19.3 Å². The second kappa shape index (κ2) is 9.01. The molecule has 1 saturated carbocycles. The summed E-state index contributed by atoms with van der Waals surface area (Å²) in [5.41, 5.74) is 0.477. The van der Waals surface area contributed by atoms with Gasteiger partial charge in [0.1, 0.15) is 0 Å². The third-order valence-corrected chi connectivity index (χ3v) is 3.49. The third-order valence-electron chi connectivity index (χ3n) is 3.49. The van der Waals surface area contributed by atoms with Crippen LogP contribution in [0.1, 0.15) is 24.8 Å². The molecule has 6 nitrogen and oxygen atoms in total. The van der Waals surface area contributed by atoms with Crippen LogP contribution in [-0.4, -0.2) is 39.4 Å². The van der Waals surface area contributed by atoms with Crippen molar-refractivity contribution in [2.75, 3.05) is 33.5 Å². The third kappa shape index (κ3) is 6.17. The zero-order valence-corrected chi connectivity index (χ0v) is 13.3. The standard InChI is InChI=1S/C17H22N2O4/c1-21-16-9-14(10-18)5-6-15(16)23-12-17(20)19-7-2-8-22-11-13-3-4-13/h5-6,9,13H,2-4,7-8,11-12H2,1H3,(H,19,20). The Bertz CT molecular complexity index is 564. The van der Waals surface area contributed by atoms with Crippen LogP contribution in [0.2, 0.25) is 0 Å². The monoisotopic (exact) mass is 318 g/mol. The van der Waals surface area contributed by atoms with Crippen LogP contribution in [0.25, 0.3) is 0 Å². The Balaban J connectivity index is 1.62. The molecule has 1 aromatic carbocycles. The number of carbonyl (C=O) groups is 1. The molecule has 1 amide bonds. The highest BCUT2D eigenvalue weighted by Gasteiger charge is 2.20. The van der Waals surface area contributed by atoms with E-state index in [4.69, 9.17) is 19.5 Å². The molecular formula is C17H22N2O4. The summed E-state index contributed by atoms with van der Waals surface area (Å²) in [6, 6.07) is 6.84. The molecule has 6 heteroatoms. The highest BCUT2D eigenvalue weighted by atomic mass is 16.5. The molecule has 1 fully saturated rings. The van der Waals surface area contributed by atoms with Crippen molar-refractivity contribution in [3.05, 3.63) is 23.8 Å². The molecule has 124 valence electrons. The lowest BCUT2D eigenvalue weighted by atomic mass is 10.2. The van der Waals surface area contributed by atoms with Gasteiger partial charge in [0.25, 0.3) is 5.91 Å². The van der Waals surface area contributed by atoms with Crippen LogP contribution in [0.4, 0.5) is 0 Å². The van der Waals surface area contributed by atoms with Crippen LogP contribution in [0, 0.1) is 17.2 Å². The number of amides is 1. The van der Waals surface area contributed by atoms with Gasteiger partial charge in [-0.15, -0.1) is 0 Å². The topological polar surface area (TPSA) is 80.6 Å². The van der Waals surface area contributed by atoms with Crippen molar-refractivity contribution in [3.63, 3.8) is 0 Å². The van der Waals surface area contributed by atoms with Crippen molar-refractivity contribution in [1.82, 2.24) is 5.32 Å². The molecule has 0 atom stereocenters. The fourth-order valence-corrected chi connectivity index (χ4v) is 1.99. The van der Waals surface area contributed by atoms with E-state index < -0.39 is 0 Å². The van der Waals surface area contributed by atoms with E-state index >= 15 is 0 Å². The Labute approximate surface area is 136 Å². The van der Waals surface area contributed by atoms with Gasteiger partial charge in [-0.05, 0) is 37.3 Å². The highest BCUT2D eigenvalue weighted by molar-refractivity contribution is 5.77. The molecule has 0 bridgehead atoms. The summed E-state index contributed by atoms with van der Waals surface area (Å²) in [5.74, 6) is 1.44. The first-order valence-corrected chi connectivity index (χ1v) is 7.78. The first-order chi connectivity index (χ1) is 11.2. The summed E-state index contributed by atoms with van der Waals surface area (Å²) in [5, 5.41) is 11.6. The van der Waals surface area contributed by atoms with E-state index in [0.29, 0.717) is 30.2 Å². The van der Waals surface area contributed by atoms with Gasteiger partial charge in [0.2, 0.25) is 0 Å². The molecule has 0 radical (unpaired) electrons. The largest absolute Gasteiger partial charge is 0.493 e. The van der Waals surface area contributed by atoms with Gasteiger partial charge in [0.05, 0.1) is 18.7 Å². The number of nitriles is 1. The van der Waals surface area contributed by atoms with Gasteiger partial charge in [-0.25, -0.2) is 0 Å². The Kier molecular flexibility index (Phi) is 6.70. The number of ether oxygens (including phenoxy) is 3. The molecule has 0 aliphatic heterocycles. The molecule has 23 heavy (non-hydrogen) atoms. The van der Waals surface area contributed by atoms with E-state index in [1.807, 2.05) is 6.07 Å². The fraction of sp³-hybridized carbons (Fsp3) is 0.529. The first-order valence-electron chi connectivity index (χ1n) is 7.78. The second-order valence-electron chi connectivity index (χ2n) is 5.49.